The lowest BCUT2D eigenvalue weighted by Crippen LogP contribution is -2.36. The maximum Gasteiger partial charge on any atom is 0.275 e. The fourth-order valence-electron chi connectivity index (χ4n) is 2.75. The lowest BCUT2D eigenvalue weighted by molar-refractivity contribution is -0.132. The summed E-state index contributed by atoms with van der Waals surface area (Å²) in [4.78, 5) is 33.3. The number of carbonyl (C=O) groups excluding carboxylic acids is 2. The average molecular weight is 348 g/mol. The van der Waals surface area contributed by atoms with Gasteiger partial charge in [-0.25, -0.2) is 4.98 Å². The highest BCUT2D eigenvalue weighted by atomic mass is 32.1. The summed E-state index contributed by atoms with van der Waals surface area (Å²) in [6, 6.07) is 0. The molecule has 0 radical (unpaired) electrons. The summed E-state index contributed by atoms with van der Waals surface area (Å²) in [6.07, 6.45) is 1.74. The molecular formula is C16H20N4O3S. The summed E-state index contributed by atoms with van der Waals surface area (Å²) < 4.78 is 5.28. The van der Waals surface area contributed by atoms with Crippen LogP contribution in [0.15, 0.2) is 10.0 Å². The number of hydrogen-bond donors (Lipinski definition) is 0. The van der Waals surface area contributed by atoms with Crippen molar-refractivity contribution in [3.63, 3.8) is 0 Å². The minimum Gasteiger partial charge on any atom is -0.360 e. The van der Waals surface area contributed by atoms with Crippen LogP contribution in [0.3, 0.4) is 0 Å². The third-order valence-corrected chi connectivity index (χ3v) is 5.19. The minimum absolute atomic E-state index is 0.0814. The molecular weight excluding hydrogens is 328 g/mol. The quantitative estimate of drug-likeness (QED) is 0.839. The Hall–Kier alpha value is -2.22. The van der Waals surface area contributed by atoms with Crippen LogP contribution in [0.4, 0.5) is 0 Å². The van der Waals surface area contributed by atoms with Gasteiger partial charge in [0.1, 0.15) is 5.76 Å². The molecule has 2 amide bonds. The van der Waals surface area contributed by atoms with Crippen LogP contribution < -0.4 is 0 Å². The predicted molar refractivity (Wildman–Crippen MR) is 88.8 cm³/mol. The second-order valence-electron chi connectivity index (χ2n) is 6.06. The van der Waals surface area contributed by atoms with Crippen molar-refractivity contribution in [2.75, 3.05) is 20.6 Å². The van der Waals surface area contributed by atoms with Crippen LogP contribution in [0.25, 0.3) is 0 Å². The van der Waals surface area contributed by atoms with Crippen molar-refractivity contribution in [2.24, 2.45) is 0 Å². The number of hydrogen-bond acceptors (Lipinski definition) is 6. The fraction of sp³-hybridized carbons (Fsp3) is 0.500. The summed E-state index contributed by atoms with van der Waals surface area (Å²) >= 11 is 1.58. The molecule has 0 fully saturated rings. The zero-order chi connectivity index (χ0) is 17.3. The Labute approximate surface area is 144 Å². The van der Waals surface area contributed by atoms with Gasteiger partial charge in [-0.05, 0) is 13.3 Å². The Balaban J connectivity index is 1.68. The highest BCUT2D eigenvalue weighted by Gasteiger charge is 2.30. The smallest absolute Gasteiger partial charge is 0.275 e. The molecule has 3 rings (SSSR count). The van der Waals surface area contributed by atoms with E-state index in [1.165, 1.54) is 4.90 Å². The van der Waals surface area contributed by atoms with Crippen LogP contribution >= 0.6 is 11.3 Å². The van der Waals surface area contributed by atoms with E-state index in [0.29, 0.717) is 43.8 Å². The number of rotatable bonds is 4. The van der Waals surface area contributed by atoms with E-state index in [4.69, 9.17) is 4.52 Å². The summed E-state index contributed by atoms with van der Waals surface area (Å²) in [5.41, 5.74) is 3.85. The topological polar surface area (TPSA) is 79.5 Å². The van der Waals surface area contributed by atoms with E-state index in [-0.39, 0.29) is 11.8 Å². The van der Waals surface area contributed by atoms with Crippen molar-refractivity contribution in [1.29, 1.82) is 0 Å². The van der Waals surface area contributed by atoms with Crippen molar-refractivity contribution in [1.82, 2.24) is 19.9 Å². The minimum atomic E-state index is -0.199. The molecule has 3 heterocycles. The molecule has 0 bridgehead atoms. The summed E-state index contributed by atoms with van der Waals surface area (Å²) in [7, 11) is 3.35. The molecule has 1 aliphatic rings. The molecule has 8 heteroatoms. The number of nitrogens with zero attached hydrogens (tertiary/aromatic N) is 4. The SMILES string of the molecule is Cc1ncsc1CCC(=O)N1CCc2onc(C(=O)N(C)C)c2C1. The van der Waals surface area contributed by atoms with Gasteiger partial charge in [0.15, 0.2) is 5.69 Å². The predicted octanol–water partition coefficient (Wildman–Crippen LogP) is 1.66. The molecule has 2 aromatic rings. The first-order valence-corrected chi connectivity index (χ1v) is 8.71. The molecule has 0 N–H and O–H groups in total. The average Bonchev–Trinajstić information content (AvgIpc) is 3.17. The largest absolute Gasteiger partial charge is 0.360 e. The van der Waals surface area contributed by atoms with Crippen molar-refractivity contribution in [3.8, 4) is 0 Å². The van der Waals surface area contributed by atoms with Gasteiger partial charge in [-0.15, -0.1) is 11.3 Å². The molecule has 0 aromatic carbocycles. The van der Waals surface area contributed by atoms with E-state index in [0.717, 1.165) is 16.1 Å². The second kappa shape index (κ2) is 6.72. The first-order valence-electron chi connectivity index (χ1n) is 7.83. The van der Waals surface area contributed by atoms with Gasteiger partial charge in [-0.2, -0.15) is 0 Å². The number of fused-ring (bicyclic) bond motifs is 1. The standard InChI is InChI=1S/C16H20N4O3S/c1-10-13(24-9-17-10)4-5-14(21)20-7-6-12-11(8-20)15(18-23-12)16(22)19(2)3/h9H,4-8H2,1-3H3. The molecule has 24 heavy (non-hydrogen) atoms. The lowest BCUT2D eigenvalue weighted by atomic mass is 10.0. The molecule has 0 aliphatic carbocycles. The van der Waals surface area contributed by atoms with Gasteiger partial charge in [-0.3, -0.25) is 9.59 Å². The van der Waals surface area contributed by atoms with Crippen LogP contribution in [0.1, 0.15) is 38.8 Å². The third kappa shape index (κ3) is 3.19. The summed E-state index contributed by atoms with van der Waals surface area (Å²) in [5, 5.41) is 3.90. The molecule has 0 unspecified atom stereocenters. The van der Waals surface area contributed by atoms with Crippen molar-refractivity contribution >= 4 is 23.2 Å². The van der Waals surface area contributed by atoms with Gasteiger partial charge >= 0.3 is 0 Å². The van der Waals surface area contributed by atoms with E-state index in [1.54, 1.807) is 35.8 Å². The van der Waals surface area contributed by atoms with E-state index in [1.807, 2.05) is 6.92 Å². The molecule has 0 saturated heterocycles. The summed E-state index contributed by atoms with van der Waals surface area (Å²) in [6.45, 7) is 2.94. The van der Waals surface area contributed by atoms with Gasteiger partial charge in [0.25, 0.3) is 5.91 Å². The first kappa shape index (κ1) is 16.6. The van der Waals surface area contributed by atoms with Crippen LogP contribution in [-0.2, 0) is 24.2 Å². The lowest BCUT2D eigenvalue weighted by Gasteiger charge is -2.26. The summed E-state index contributed by atoms with van der Waals surface area (Å²) in [5.74, 6) is 0.593. The Morgan fingerprint density at radius 3 is 2.88 bits per heavy atom. The van der Waals surface area contributed by atoms with Gasteiger partial charge in [0.05, 0.1) is 17.7 Å². The molecule has 7 nitrogen and oxygen atoms in total. The molecule has 2 aromatic heterocycles. The Morgan fingerprint density at radius 1 is 1.42 bits per heavy atom. The highest BCUT2D eigenvalue weighted by Crippen LogP contribution is 2.24. The number of thiazole rings is 1. The van der Waals surface area contributed by atoms with Crippen molar-refractivity contribution < 1.29 is 14.1 Å². The first-order chi connectivity index (χ1) is 11.5. The zero-order valence-corrected chi connectivity index (χ0v) is 14.9. The molecule has 128 valence electrons. The van der Waals surface area contributed by atoms with Crippen molar-refractivity contribution in [3.05, 3.63) is 33.1 Å². The van der Waals surface area contributed by atoms with Crippen LogP contribution in [-0.4, -0.2) is 52.4 Å². The third-order valence-electron chi connectivity index (χ3n) is 4.20. The van der Waals surface area contributed by atoms with E-state index in [2.05, 4.69) is 10.1 Å². The van der Waals surface area contributed by atoms with E-state index >= 15 is 0 Å². The normalized spacial score (nSPS) is 13.7. The number of aromatic nitrogens is 2. The number of carbonyl (C=O) groups is 2. The zero-order valence-electron chi connectivity index (χ0n) is 14.0. The van der Waals surface area contributed by atoms with E-state index in [9.17, 15) is 9.59 Å². The van der Waals surface area contributed by atoms with Crippen LogP contribution in [0, 0.1) is 6.92 Å². The van der Waals surface area contributed by atoms with Gasteiger partial charge in [-0.1, -0.05) is 5.16 Å². The van der Waals surface area contributed by atoms with Gasteiger partial charge < -0.3 is 14.3 Å². The van der Waals surface area contributed by atoms with Crippen LogP contribution in [0.2, 0.25) is 0 Å². The van der Waals surface area contributed by atoms with Gasteiger partial charge in [0.2, 0.25) is 5.91 Å². The van der Waals surface area contributed by atoms with Gasteiger partial charge in [0, 0.05) is 43.9 Å². The number of aryl methyl sites for hydroxylation is 2. The molecule has 0 atom stereocenters. The number of amides is 2. The Morgan fingerprint density at radius 2 is 2.21 bits per heavy atom. The molecule has 0 saturated carbocycles. The van der Waals surface area contributed by atoms with Crippen LogP contribution in [0.5, 0.6) is 0 Å². The molecule has 1 aliphatic heterocycles. The van der Waals surface area contributed by atoms with E-state index < -0.39 is 0 Å². The Kier molecular flexibility index (Phi) is 4.66. The monoisotopic (exact) mass is 348 g/mol. The molecule has 0 spiro atoms. The fourth-order valence-corrected chi connectivity index (χ4v) is 3.53. The maximum absolute atomic E-state index is 12.5. The van der Waals surface area contributed by atoms with Crippen molar-refractivity contribution in [2.45, 2.75) is 32.7 Å². The maximum atomic E-state index is 12.5. The second-order valence-corrected chi connectivity index (χ2v) is 7.00. The Bertz CT molecular complexity index is 765. The highest BCUT2D eigenvalue weighted by molar-refractivity contribution is 7.09.